The lowest BCUT2D eigenvalue weighted by atomic mass is 9.91. The maximum Gasteiger partial charge on any atom is 0.321 e. The second-order valence-electron chi connectivity index (χ2n) is 16.0. The van der Waals surface area contributed by atoms with Crippen LogP contribution in [0.3, 0.4) is 0 Å². The number of nitrogens with zero attached hydrogens (tertiary/aromatic N) is 6. The van der Waals surface area contributed by atoms with Crippen molar-refractivity contribution in [2.75, 3.05) is 60.6 Å². The van der Waals surface area contributed by atoms with Crippen LogP contribution in [0.5, 0.6) is 0 Å². The number of benzene rings is 3. The molecule has 5 aromatic rings. The molecule has 2 aromatic heterocycles. The Morgan fingerprint density at radius 3 is 2.21 bits per heavy atom. The molecule has 6 atom stereocenters. The van der Waals surface area contributed by atoms with Gasteiger partial charge in [0.1, 0.15) is 12.2 Å². The molecule has 8 N–H and O–H groups in total. The molecule has 1 aliphatic carbocycles. The van der Waals surface area contributed by atoms with Crippen LogP contribution < -0.4 is 36.8 Å². The number of hydrogen-bond acceptors (Lipinski definition) is 11. The zero-order chi connectivity index (χ0) is 42.5. The molecule has 0 unspecified atom stereocenters. The van der Waals surface area contributed by atoms with E-state index in [1.54, 1.807) is 22.7 Å². The Labute approximate surface area is 354 Å². The number of hydrogen-bond donors (Lipinski definition) is 8. The normalized spacial score (nSPS) is 22.4. The molecule has 8 rings (SSSR count). The minimum Gasteiger partial charge on any atom is -0.388 e. The number of carbonyl (C=O) groups is 3. The highest BCUT2D eigenvalue weighted by molar-refractivity contribution is 5.90. The average Bonchev–Trinajstić information content (AvgIpc) is 4.10. The predicted molar refractivity (Wildman–Crippen MR) is 234 cm³/mol. The average molecular weight is 831 g/mol. The minimum absolute atomic E-state index is 0.0108. The van der Waals surface area contributed by atoms with Crippen molar-refractivity contribution in [3.63, 3.8) is 0 Å². The summed E-state index contributed by atoms with van der Waals surface area (Å²) in [6, 6.07) is 25.8. The summed E-state index contributed by atoms with van der Waals surface area (Å²) < 4.78 is 1.77. The van der Waals surface area contributed by atoms with Gasteiger partial charge in [0, 0.05) is 75.6 Å². The number of imidazole rings is 1. The number of aliphatic hydroxyl groups excluding tert-OH is 2. The number of anilines is 4. The number of nitrogens with one attached hydrogen (secondary N) is 6. The second kappa shape index (κ2) is 18.4. The lowest BCUT2D eigenvalue weighted by molar-refractivity contribution is -0.122. The van der Waals surface area contributed by atoms with Gasteiger partial charge in [-0.15, -0.1) is 0 Å². The van der Waals surface area contributed by atoms with Crippen molar-refractivity contribution < 1.29 is 24.6 Å². The summed E-state index contributed by atoms with van der Waals surface area (Å²) in [5, 5.41) is 40.9. The van der Waals surface area contributed by atoms with Crippen molar-refractivity contribution >= 4 is 52.3 Å². The van der Waals surface area contributed by atoms with Gasteiger partial charge in [-0.1, -0.05) is 73.7 Å². The maximum atomic E-state index is 13.3. The van der Waals surface area contributed by atoms with Crippen LogP contribution in [0.25, 0.3) is 11.2 Å². The number of fused-ring (bicyclic) bond motifs is 1. The van der Waals surface area contributed by atoms with Crippen molar-refractivity contribution in [1.82, 2.24) is 40.4 Å². The fraction of sp³-hybridized carbons (Fsp3) is 0.409. The lowest BCUT2D eigenvalue weighted by Gasteiger charge is -2.22. The van der Waals surface area contributed by atoms with Gasteiger partial charge in [0.05, 0.1) is 18.4 Å². The number of carbonyl (C=O) groups excluding carboxylic acids is 3. The van der Waals surface area contributed by atoms with E-state index in [0.29, 0.717) is 74.2 Å². The Bertz CT molecular complexity index is 2270. The lowest BCUT2D eigenvalue weighted by Crippen LogP contribution is -2.48. The molecule has 3 aromatic carbocycles. The van der Waals surface area contributed by atoms with E-state index < -0.39 is 24.3 Å². The van der Waals surface area contributed by atoms with E-state index in [1.165, 1.54) is 0 Å². The third-order valence-electron chi connectivity index (χ3n) is 12.0. The number of aromatic nitrogens is 4. The van der Waals surface area contributed by atoms with Crippen LogP contribution >= 0.6 is 0 Å². The first-order valence-electron chi connectivity index (χ1n) is 21.1. The number of likely N-dealkylation sites (tertiary alicyclic amines) is 1. The van der Waals surface area contributed by atoms with Gasteiger partial charge in [-0.2, -0.15) is 9.97 Å². The predicted octanol–water partition coefficient (Wildman–Crippen LogP) is 3.86. The van der Waals surface area contributed by atoms with Crippen LogP contribution in [-0.2, 0) is 4.79 Å². The van der Waals surface area contributed by atoms with Crippen LogP contribution in [0.2, 0.25) is 0 Å². The summed E-state index contributed by atoms with van der Waals surface area (Å²) in [6.07, 6.45) is 1.10. The molecular formula is C44H54N12O5. The van der Waals surface area contributed by atoms with Gasteiger partial charge < -0.3 is 56.5 Å². The van der Waals surface area contributed by atoms with Crippen LogP contribution in [0, 0.1) is 0 Å². The van der Waals surface area contributed by atoms with Gasteiger partial charge in [0.25, 0.3) is 0 Å². The zero-order valence-corrected chi connectivity index (χ0v) is 34.4. The van der Waals surface area contributed by atoms with Gasteiger partial charge in [-0.3, -0.25) is 4.79 Å². The largest absolute Gasteiger partial charge is 0.388 e. The molecule has 5 amide bonds. The third kappa shape index (κ3) is 9.32. The van der Waals surface area contributed by atoms with Crippen LogP contribution in [0.1, 0.15) is 55.7 Å². The molecule has 0 spiro atoms. The van der Waals surface area contributed by atoms with E-state index in [0.717, 1.165) is 16.8 Å². The number of amides is 5. The van der Waals surface area contributed by atoms with E-state index in [2.05, 4.69) is 56.2 Å². The van der Waals surface area contributed by atoms with Gasteiger partial charge in [0.2, 0.25) is 11.9 Å². The summed E-state index contributed by atoms with van der Waals surface area (Å²) in [5.74, 6) is 0.723. The Kier molecular flexibility index (Phi) is 12.5. The number of urea groups is 2. The van der Waals surface area contributed by atoms with Gasteiger partial charge in [-0.05, 0) is 48.6 Å². The summed E-state index contributed by atoms with van der Waals surface area (Å²) >= 11 is 0. The molecule has 1 saturated carbocycles. The van der Waals surface area contributed by atoms with Crippen LogP contribution in [0.4, 0.5) is 32.7 Å². The highest BCUT2D eigenvalue weighted by Crippen LogP contribution is 2.36. The summed E-state index contributed by atoms with van der Waals surface area (Å²) in [6.45, 7) is 4.18. The van der Waals surface area contributed by atoms with E-state index in [4.69, 9.17) is 15.0 Å². The molecule has 2 aliphatic heterocycles. The van der Waals surface area contributed by atoms with Gasteiger partial charge in [0.15, 0.2) is 17.0 Å². The van der Waals surface area contributed by atoms with Crippen molar-refractivity contribution in [1.29, 1.82) is 0 Å². The second-order valence-corrected chi connectivity index (χ2v) is 16.0. The Morgan fingerprint density at radius 2 is 1.51 bits per heavy atom. The standard InChI is InChI=1S/C44H54N12O5/c1-3-36(57)51-34-22-35(39(59)38(34)58)56-26-47-37-40(46-23-33(27-11-6-4-7-12-27)28-13-8-5-9-14-28)52-42(53-41(37)56)54-19-17-31(24-54)48-43(60)49-32-18-20-55(25-32)44(61)50-30-16-10-15-29(21-30)45-2/h4-16,21,26,31-35,38-39,45,58-59H,3,17-20,22-25H2,1-2H3,(H,50,61)(H,51,57)(H,46,52,53)(H2,48,49,60)/t31-,32-,34+,35-,38-,39+/m1/s1. The fourth-order valence-corrected chi connectivity index (χ4v) is 8.64. The maximum absolute atomic E-state index is 13.3. The first-order chi connectivity index (χ1) is 29.7. The van der Waals surface area contributed by atoms with E-state index in [9.17, 15) is 24.6 Å². The van der Waals surface area contributed by atoms with Crippen LogP contribution in [-0.4, -0.2) is 123 Å². The molecule has 4 heterocycles. The SMILES string of the molecule is CCC(=O)N[C@H]1C[C@@H](n2cnc3c(NCC(c4ccccc4)c4ccccc4)nc(N4CC[C@@H](NC(=O)N[C@@H]5CCN(C(=O)Nc6cccc(NC)c6)C5)C4)nc32)[C@H](O)[C@@H]1O. The summed E-state index contributed by atoms with van der Waals surface area (Å²) in [5.41, 5.74) is 4.83. The van der Waals surface area contributed by atoms with E-state index in [1.807, 2.05) is 72.6 Å². The number of aliphatic hydroxyl groups is 2. The molecule has 3 fully saturated rings. The van der Waals surface area contributed by atoms with Crippen LogP contribution in [0.15, 0.2) is 91.3 Å². The third-order valence-corrected chi connectivity index (χ3v) is 12.0. The summed E-state index contributed by atoms with van der Waals surface area (Å²) in [4.78, 5) is 57.0. The Balaban J connectivity index is 0.979. The first kappa shape index (κ1) is 41.3. The monoisotopic (exact) mass is 830 g/mol. The zero-order valence-electron chi connectivity index (χ0n) is 34.4. The smallest absolute Gasteiger partial charge is 0.321 e. The van der Waals surface area contributed by atoms with Crippen molar-refractivity contribution in [3.8, 4) is 0 Å². The van der Waals surface area contributed by atoms with Gasteiger partial charge >= 0.3 is 12.1 Å². The molecule has 17 nitrogen and oxygen atoms in total. The Morgan fingerprint density at radius 1 is 0.820 bits per heavy atom. The molecule has 3 aliphatic rings. The first-order valence-corrected chi connectivity index (χ1v) is 21.1. The quantitative estimate of drug-likeness (QED) is 0.0854. The summed E-state index contributed by atoms with van der Waals surface area (Å²) in [7, 11) is 1.82. The van der Waals surface area contributed by atoms with Gasteiger partial charge in [-0.25, -0.2) is 14.6 Å². The molecule has 17 heteroatoms. The molecule has 2 saturated heterocycles. The minimum atomic E-state index is -1.18. The topological polar surface area (TPSA) is 214 Å². The van der Waals surface area contributed by atoms with E-state index >= 15 is 0 Å². The molecule has 0 radical (unpaired) electrons. The molecule has 320 valence electrons. The van der Waals surface area contributed by atoms with Crippen molar-refractivity contribution in [3.05, 3.63) is 102 Å². The molecular weight excluding hydrogens is 777 g/mol. The van der Waals surface area contributed by atoms with Crippen molar-refractivity contribution in [2.45, 2.75) is 74.9 Å². The Hall–Kier alpha value is -6.46. The highest BCUT2D eigenvalue weighted by atomic mass is 16.3. The molecule has 61 heavy (non-hydrogen) atoms. The number of rotatable bonds is 13. The van der Waals surface area contributed by atoms with E-state index in [-0.39, 0.29) is 48.8 Å². The van der Waals surface area contributed by atoms with Crippen molar-refractivity contribution in [2.24, 2.45) is 0 Å². The fourth-order valence-electron chi connectivity index (χ4n) is 8.64. The molecule has 0 bridgehead atoms. The highest BCUT2D eigenvalue weighted by Gasteiger charge is 2.44.